The molecule has 4 aromatic rings. The number of carbonyl (C=O) groups excluding carboxylic acids is 1. The van der Waals surface area contributed by atoms with Crippen molar-refractivity contribution in [2.75, 3.05) is 13.7 Å². The number of hydrogen-bond donors (Lipinski definition) is 1. The molecule has 8 nitrogen and oxygen atoms in total. The van der Waals surface area contributed by atoms with Crippen molar-refractivity contribution in [3.63, 3.8) is 0 Å². The van der Waals surface area contributed by atoms with Crippen LogP contribution in [0.15, 0.2) is 59.3 Å². The Morgan fingerprint density at radius 1 is 1.22 bits per heavy atom. The van der Waals surface area contributed by atoms with Crippen molar-refractivity contribution in [3.8, 4) is 22.8 Å². The molecule has 0 aliphatic rings. The summed E-state index contributed by atoms with van der Waals surface area (Å²) >= 11 is 2.96. The molecule has 0 aliphatic heterocycles. The first-order chi connectivity index (χ1) is 15.7. The Balaban J connectivity index is 1.63. The summed E-state index contributed by atoms with van der Waals surface area (Å²) in [6.07, 6.45) is 4.36. The Kier molecular flexibility index (Phi) is 7.13. The molecule has 0 fully saturated rings. The molecule has 1 N–H and O–H groups in total. The minimum Gasteiger partial charge on any atom is -0.495 e. The van der Waals surface area contributed by atoms with E-state index in [2.05, 4.69) is 25.5 Å². The van der Waals surface area contributed by atoms with E-state index in [1.165, 1.54) is 23.1 Å². The lowest BCUT2D eigenvalue weighted by Crippen LogP contribution is -2.24. The summed E-state index contributed by atoms with van der Waals surface area (Å²) in [5, 5.41) is 15.0. The van der Waals surface area contributed by atoms with Crippen molar-refractivity contribution in [2.45, 2.75) is 24.3 Å². The van der Waals surface area contributed by atoms with Gasteiger partial charge in [-0.25, -0.2) is 4.98 Å². The van der Waals surface area contributed by atoms with E-state index in [1.807, 2.05) is 47.9 Å². The fourth-order valence-corrected chi connectivity index (χ4v) is 4.75. The molecule has 0 bridgehead atoms. The molecule has 0 atom stereocenters. The summed E-state index contributed by atoms with van der Waals surface area (Å²) in [5.41, 5.74) is 2.13. The maximum absolute atomic E-state index is 12.1. The second-order valence-corrected chi connectivity index (χ2v) is 8.61. The first-order valence-electron chi connectivity index (χ1n) is 10.1. The van der Waals surface area contributed by atoms with E-state index in [4.69, 9.17) is 4.74 Å². The number of nitrogens with zero attached hydrogens (tertiary/aromatic N) is 5. The SMILES string of the molecule is CCCNC(=O)c1csc(CSc2nnc(-c3cccnc3)n2-c2ccccc2OC)n1. The van der Waals surface area contributed by atoms with Gasteiger partial charge in [-0.15, -0.1) is 21.5 Å². The number of thioether (sulfide) groups is 1. The Morgan fingerprint density at radius 2 is 2.09 bits per heavy atom. The molecule has 0 saturated carbocycles. The fourth-order valence-electron chi connectivity index (χ4n) is 3.01. The molecule has 10 heteroatoms. The lowest BCUT2D eigenvalue weighted by molar-refractivity contribution is 0.0949. The number of thiazole rings is 1. The molecule has 0 unspecified atom stereocenters. The highest BCUT2D eigenvalue weighted by Crippen LogP contribution is 2.33. The Bertz CT molecular complexity index is 1190. The zero-order valence-corrected chi connectivity index (χ0v) is 19.3. The number of methoxy groups -OCH3 is 1. The molecule has 0 saturated heterocycles. The van der Waals surface area contributed by atoms with Gasteiger partial charge in [0.15, 0.2) is 11.0 Å². The summed E-state index contributed by atoms with van der Waals surface area (Å²) in [6, 6.07) is 11.5. The van der Waals surface area contributed by atoms with Crippen LogP contribution < -0.4 is 10.1 Å². The molecule has 164 valence electrons. The zero-order valence-electron chi connectivity index (χ0n) is 17.7. The molecule has 32 heavy (non-hydrogen) atoms. The topological polar surface area (TPSA) is 94.8 Å². The number of rotatable bonds is 9. The minimum absolute atomic E-state index is 0.143. The number of hydrogen-bond acceptors (Lipinski definition) is 8. The van der Waals surface area contributed by atoms with E-state index in [1.54, 1.807) is 24.9 Å². The highest BCUT2D eigenvalue weighted by Gasteiger charge is 2.20. The highest BCUT2D eigenvalue weighted by atomic mass is 32.2. The third kappa shape index (κ3) is 4.81. The molecule has 0 aliphatic carbocycles. The minimum atomic E-state index is -0.143. The number of para-hydroxylation sites is 2. The second-order valence-electron chi connectivity index (χ2n) is 6.73. The predicted octanol–water partition coefficient (Wildman–Crippen LogP) is 4.23. The van der Waals surface area contributed by atoms with Gasteiger partial charge in [-0.1, -0.05) is 30.8 Å². The quantitative estimate of drug-likeness (QED) is 0.369. The third-order valence-electron chi connectivity index (χ3n) is 4.52. The number of ether oxygens (including phenoxy) is 1. The van der Waals surface area contributed by atoms with E-state index in [-0.39, 0.29) is 5.91 Å². The van der Waals surface area contributed by atoms with E-state index < -0.39 is 0 Å². The zero-order chi connectivity index (χ0) is 22.3. The Labute approximate surface area is 194 Å². The molecule has 0 radical (unpaired) electrons. The van der Waals surface area contributed by atoms with Gasteiger partial charge in [0.25, 0.3) is 5.91 Å². The normalized spacial score (nSPS) is 10.8. The Hall–Kier alpha value is -3.24. The Morgan fingerprint density at radius 3 is 2.88 bits per heavy atom. The van der Waals surface area contributed by atoms with Crippen LogP contribution in [0.1, 0.15) is 28.8 Å². The molecular formula is C22H22N6O2S2. The van der Waals surface area contributed by atoms with Crippen LogP contribution >= 0.6 is 23.1 Å². The average Bonchev–Trinajstić information content (AvgIpc) is 3.49. The van der Waals surface area contributed by atoms with Crippen molar-refractivity contribution in [1.82, 2.24) is 30.0 Å². The first-order valence-corrected chi connectivity index (χ1v) is 11.9. The molecule has 1 amide bonds. The predicted molar refractivity (Wildman–Crippen MR) is 125 cm³/mol. The van der Waals surface area contributed by atoms with Crippen molar-refractivity contribution in [2.24, 2.45) is 0 Å². The van der Waals surface area contributed by atoms with E-state index in [0.717, 1.165) is 22.7 Å². The molecule has 3 heterocycles. The van der Waals surface area contributed by atoms with Crippen LogP contribution in [-0.2, 0) is 5.75 Å². The van der Waals surface area contributed by atoms with E-state index in [0.29, 0.717) is 34.7 Å². The van der Waals surface area contributed by atoms with Gasteiger partial charge in [-0.2, -0.15) is 0 Å². The lowest BCUT2D eigenvalue weighted by Gasteiger charge is -2.13. The summed E-state index contributed by atoms with van der Waals surface area (Å²) < 4.78 is 7.54. The van der Waals surface area contributed by atoms with Crippen LogP contribution in [0.2, 0.25) is 0 Å². The van der Waals surface area contributed by atoms with Gasteiger partial charge in [0.1, 0.15) is 16.5 Å². The lowest BCUT2D eigenvalue weighted by atomic mass is 10.2. The standard InChI is InChI=1S/C22H22N6O2S2/c1-3-10-24-21(29)16-13-31-19(25-16)14-32-22-27-26-20(15-7-6-11-23-12-15)28(22)17-8-4-5-9-18(17)30-2/h4-9,11-13H,3,10,14H2,1-2H3,(H,24,29). The fraction of sp³-hybridized carbons (Fsp3) is 0.227. The first kappa shape index (κ1) is 22.0. The van der Waals surface area contributed by atoms with E-state index in [9.17, 15) is 4.79 Å². The maximum Gasteiger partial charge on any atom is 0.270 e. The van der Waals surface area contributed by atoms with E-state index >= 15 is 0 Å². The third-order valence-corrected chi connectivity index (χ3v) is 6.50. The largest absolute Gasteiger partial charge is 0.495 e. The molecule has 0 spiro atoms. The van der Waals surface area contributed by atoms with Gasteiger partial charge in [-0.05, 0) is 30.7 Å². The molecular weight excluding hydrogens is 444 g/mol. The number of amides is 1. The van der Waals surface area contributed by atoms with Crippen molar-refractivity contribution >= 4 is 29.0 Å². The smallest absolute Gasteiger partial charge is 0.270 e. The van der Waals surface area contributed by atoms with Crippen LogP contribution in [0.5, 0.6) is 5.75 Å². The van der Waals surface area contributed by atoms with Gasteiger partial charge < -0.3 is 10.1 Å². The highest BCUT2D eigenvalue weighted by molar-refractivity contribution is 7.98. The number of nitrogens with one attached hydrogen (secondary N) is 1. The van der Waals surface area contributed by atoms with Gasteiger partial charge in [0.2, 0.25) is 0 Å². The summed E-state index contributed by atoms with van der Waals surface area (Å²) in [4.78, 5) is 20.8. The van der Waals surface area contributed by atoms with Crippen LogP contribution in [0, 0.1) is 0 Å². The van der Waals surface area contributed by atoms with Crippen molar-refractivity contribution < 1.29 is 9.53 Å². The number of aromatic nitrogens is 5. The van der Waals surface area contributed by atoms with Gasteiger partial charge in [0.05, 0.1) is 18.6 Å². The van der Waals surface area contributed by atoms with Crippen LogP contribution in [-0.4, -0.2) is 44.3 Å². The number of pyridine rings is 1. The average molecular weight is 467 g/mol. The van der Waals surface area contributed by atoms with Crippen LogP contribution in [0.4, 0.5) is 0 Å². The summed E-state index contributed by atoms with van der Waals surface area (Å²) in [6.45, 7) is 2.65. The van der Waals surface area contributed by atoms with Crippen molar-refractivity contribution in [3.05, 3.63) is 64.9 Å². The molecule has 1 aromatic carbocycles. The van der Waals surface area contributed by atoms with Gasteiger partial charge >= 0.3 is 0 Å². The second kappa shape index (κ2) is 10.4. The van der Waals surface area contributed by atoms with Crippen LogP contribution in [0.3, 0.4) is 0 Å². The summed E-state index contributed by atoms with van der Waals surface area (Å²) in [7, 11) is 1.64. The van der Waals surface area contributed by atoms with Gasteiger partial charge in [-0.3, -0.25) is 14.3 Å². The summed E-state index contributed by atoms with van der Waals surface area (Å²) in [5.74, 6) is 1.80. The monoisotopic (exact) mass is 466 g/mol. The molecule has 3 aromatic heterocycles. The van der Waals surface area contributed by atoms with Crippen molar-refractivity contribution in [1.29, 1.82) is 0 Å². The maximum atomic E-state index is 12.1. The van der Waals surface area contributed by atoms with Gasteiger partial charge in [0, 0.05) is 29.9 Å². The molecule has 4 rings (SSSR count). The number of benzene rings is 1. The van der Waals surface area contributed by atoms with Crippen LogP contribution in [0.25, 0.3) is 17.1 Å². The number of carbonyl (C=O) groups is 1.